The number of halogens is 1. The minimum Gasteiger partial charge on any atom is -0.283 e. The molecular formula is C10H13FN2O4S. The van der Waals surface area contributed by atoms with Crippen LogP contribution < -0.4 is 4.72 Å². The zero-order valence-electron chi connectivity index (χ0n) is 9.72. The van der Waals surface area contributed by atoms with E-state index in [0.29, 0.717) is 12.8 Å². The van der Waals surface area contributed by atoms with Gasteiger partial charge in [-0.3, -0.25) is 14.8 Å². The summed E-state index contributed by atoms with van der Waals surface area (Å²) in [5, 5.41) is 10.5. The minimum absolute atomic E-state index is 0.0146. The van der Waals surface area contributed by atoms with E-state index in [-0.39, 0.29) is 11.4 Å². The van der Waals surface area contributed by atoms with Crippen molar-refractivity contribution < 1.29 is 17.7 Å². The molecule has 0 unspecified atom stereocenters. The molecule has 0 aliphatic rings. The van der Waals surface area contributed by atoms with Crippen molar-refractivity contribution in [3.05, 3.63) is 34.1 Å². The number of hydrogen-bond donors (Lipinski definition) is 1. The Morgan fingerprint density at radius 1 is 1.44 bits per heavy atom. The predicted octanol–water partition coefficient (Wildman–Crippen LogP) is 2.28. The standard InChI is InChI=1S/C10H13FN2O4S/c1-2-3-6-18(16,17)12-8-4-5-9(11)10(7-8)13(14)15/h4-5,7,12H,2-3,6H2,1H3. The molecule has 100 valence electrons. The average molecular weight is 276 g/mol. The first-order chi connectivity index (χ1) is 8.35. The van der Waals surface area contributed by atoms with Crippen LogP contribution in [0.2, 0.25) is 0 Å². The number of nitrogens with one attached hydrogen (secondary N) is 1. The molecule has 0 radical (unpaired) electrons. The molecule has 0 saturated heterocycles. The normalized spacial score (nSPS) is 11.2. The second kappa shape index (κ2) is 5.76. The van der Waals surface area contributed by atoms with E-state index in [1.807, 2.05) is 6.92 Å². The van der Waals surface area contributed by atoms with Gasteiger partial charge in [0.1, 0.15) is 0 Å². The van der Waals surface area contributed by atoms with E-state index >= 15 is 0 Å². The summed E-state index contributed by atoms with van der Waals surface area (Å²) in [6.07, 6.45) is 1.20. The lowest BCUT2D eigenvalue weighted by molar-refractivity contribution is -0.387. The molecule has 0 saturated carbocycles. The van der Waals surface area contributed by atoms with Gasteiger partial charge in [0.05, 0.1) is 16.4 Å². The summed E-state index contributed by atoms with van der Waals surface area (Å²) in [6, 6.07) is 2.86. The fraction of sp³-hybridized carbons (Fsp3) is 0.400. The molecule has 0 atom stereocenters. The molecule has 1 aromatic carbocycles. The van der Waals surface area contributed by atoms with Crippen LogP contribution in [-0.2, 0) is 10.0 Å². The Morgan fingerprint density at radius 2 is 2.11 bits per heavy atom. The SMILES string of the molecule is CCCCS(=O)(=O)Nc1ccc(F)c([N+](=O)[O-])c1. The molecule has 1 rings (SSSR count). The second-order valence-electron chi connectivity index (χ2n) is 3.70. The number of nitro benzene ring substituents is 1. The lowest BCUT2D eigenvalue weighted by atomic mass is 10.3. The van der Waals surface area contributed by atoms with Crippen LogP contribution in [0.5, 0.6) is 0 Å². The highest BCUT2D eigenvalue weighted by Crippen LogP contribution is 2.22. The van der Waals surface area contributed by atoms with Crippen LogP contribution in [0.3, 0.4) is 0 Å². The molecule has 6 nitrogen and oxygen atoms in total. The first kappa shape index (κ1) is 14.4. The van der Waals surface area contributed by atoms with Gasteiger partial charge in [-0.1, -0.05) is 13.3 Å². The maximum Gasteiger partial charge on any atom is 0.306 e. The van der Waals surface area contributed by atoms with Gasteiger partial charge in [-0.05, 0) is 18.6 Å². The maximum absolute atomic E-state index is 13.0. The lowest BCUT2D eigenvalue weighted by Crippen LogP contribution is -2.16. The molecule has 0 aromatic heterocycles. The third-order valence-corrected chi connectivity index (χ3v) is 3.56. The van der Waals surface area contributed by atoms with Crippen molar-refractivity contribution in [3.8, 4) is 0 Å². The number of hydrogen-bond acceptors (Lipinski definition) is 4. The Balaban J connectivity index is 2.92. The van der Waals surface area contributed by atoms with Crippen LogP contribution in [0.4, 0.5) is 15.8 Å². The molecule has 0 amide bonds. The third-order valence-electron chi connectivity index (χ3n) is 2.18. The van der Waals surface area contributed by atoms with Gasteiger partial charge < -0.3 is 0 Å². The number of benzene rings is 1. The Hall–Kier alpha value is -1.70. The van der Waals surface area contributed by atoms with Crippen LogP contribution in [0.1, 0.15) is 19.8 Å². The summed E-state index contributed by atoms with van der Waals surface area (Å²) in [5.74, 6) is -1.08. The Morgan fingerprint density at radius 3 is 2.67 bits per heavy atom. The molecule has 1 N–H and O–H groups in total. The molecule has 8 heteroatoms. The van der Waals surface area contributed by atoms with Crippen LogP contribution in [-0.4, -0.2) is 19.1 Å². The zero-order valence-corrected chi connectivity index (χ0v) is 10.5. The van der Waals surface area contributed by atoms with E-state index in [1.54, 1.807) is 0 Å². The van der Waals surface area contributed by atoms with E-state index in [0.717, 1.165) is 18.2 Å². The van der Waals surface area contributed by atoms with Crippen LogP contribution in [0, 0.1) is 15.9 Å². The summed E-state index contributed by atoms with van der Waals surface area (Å²) >= 11 is 0. The smallest absolute Gasteiger partial charge is 0.283 e. The van der Waals surface area contributed by atoms with Crippen molar-refractivity contribution in [3.63, 3.8) is 0 Å². The lowest BCUT2D eigenvalue weighted by Gasteiger charge is -2.07. The Labute approximate surface area is 104 Å². The highest BCUT2D eigenvalue weighted by atomic mass is 32.2. The van der Waals surface area contributed by atoms with E-state index in [9.17, 15) is 22.9 Å². The number of rotatable bonds is 6. The van der Waals surface area contributed by atoms with Crippen molar-refractivity contribution >= 4 is 21.4 Å². The fourth-order valence-corrected chi connectivity index (χ4v) is 2.54. The Bertz CT molecular complexity index is 545. The molecule has 0 aliphatic heterocycles. The van der Waals surface area contributed by atoms with Gasteiger partial charge >= 0.3 is 5.69 Å². The summed E-state index contributed by atoms with van der Waals surface area (Å²) in [7, 11) is -3.55. The van der Waals surface area contributed by atoms with Crippen molar-refractivity contribution in [2.45, 2.75) is 19.8 Å². The van der Waals surface area contributed by atoms with Crippen LogP contribution in [0.25, 0.3) is 0 Å². The van der Waals surface area contributed by atoms with Crippen LogP contribution in [0.15, 0.2) is 18.2 Å². The van der Waals surface area contributed by atoms with Gasteiger partial charge in [0, 0.05) is 6.07 Å². The number of anilines is 1. The van der Waals surface area contributed by atoms with Crippen molar-refractivity contribution in [1.29, 1.82) is 0 Å². The topological polar surface area (TPSA) is 89.3 Å². The highest BCUT2D eigenvalue weighted by molar-refractivity contribution is 7.92. The third kappa shape index (κ3) is 3.95. The van der Waals surface area contributed by atoms with E-state index in [1.165, 1.54) is 0 Å². The molecule has 0 spiro atoms. The van der Waals surface area contributed by atoms with E-state index in [4.69, 9.17) is 0 Å². The average Bonchev–Trinajstić information content (AvgIpc) is 2.28. The minimum atomic E-state index is -3.55. The monoisotopic (exact) mass is 276 g/mol. The van der Waals surface area contributed by atoms with Gasteiger partial charge in [0.25, 0.3) is 0 Å². The molecule has 1 aromatic rings. The first-order valence-corrected chi connectivity index (χ1v) is 6.95. The first-order valence-electron chi connectivity index (χ1n) is 5.30. The maximum atomic E-state index is 13.0. The fourth-order valence-electron chi connectivity index (χ4n) is 1.28. The molecule has 0 fully saturated rings. The molecule has 0 bridgehead atoms. The van der Waals surface area contributed by atoms with E-state index in [2.05, 4.69) is 4.72 Å². The Kier molecular flexibility index (Phi) is 4.60. The predicted molar refractivity (Wildman–Crippen MR) is 65.4 cm³/mol. The van der Waals surface area contributed by atoms with Gasteiger partial charge in [0.2, 0.25) is 15.8 Å². The van der Waals surface area contributed by atoms with Gasteiger partial charge in [-0.2, -0.15) is 4.39 Å². The summed E-state index contributed by atoms with van der Waals surface area (Å²) in [4.78, 5) is 9.60. The number of unbranched alkanes of at least 4 members (excludes halogenated alkanes) is 1. The number of sulfonamides is 1. The summed E-state index contributed by atoms with van der Waals surface area (Å²) in [5.41, 5.74) is -0.773. The highest BCUT2D eigenvalue weighted by Gasteiger charge is 2.17. The van der Waals surface area contributed by atoms with E-state index < -0.39 is 26.5 Å². The van der Waals surface area contributed by atoms with Crippen molar-refractivity contribution in [2.75, 3.05) is 10.5 Å². The summed E-state index contributed by atoms with van der Waals surface area (Å²) < 4.78 is 38.3. The van der Waals surface area contributed by atoms with Gasteiger partial charge in [0.15, 0.2) is 0 Å². The van der Waals surface area contributed by atoms with Gasteiger partial charge in [-0.25, -0.2) is 8.42 Å². The van der Waals surface area contributed by atoms with Crippen LogP contribution >= 0.6 is 0 Å². The zero-order chi connectivity index (χ0) is 13.8. The molecule has 0 heterocycles. The quantitative estimate of drug-likeness (QED) is 0.637. The molecule has 18 heavy (non-hydrogen) atoms. The van der Waals surface area contributed by atoms with Crippen molar-refractivity contribution in [2.24, 2.45) is 0 Å². The number of nitro groups is 1. The summed E-state index contributed by atoms with van der Waals surface area (Å²) in [6.45, 7) is 1.85. The molecule has 0 aliphatic carbocycles. The van der Waals surface area contributed by atoms with Gasteiger partial charge in [-0.15, -0.1) is 0 Å². The largest absolute Gasteiger partial charge is 0.306 e. The molecular weight excluding hydrogens is 263 g/mol. The number of nitrogens with zero attached hydrogens (tertiary/aromatic N) is 1. The second-order valence-corrected chi connectivity index (χ2v) is 5.54. The van der Waals surface area contributed by atoms with Crippen molar-refractivity contribution in [1.82, 2.24) is 0 Å².